The van der Waals surface area contributed by atoms with Gasteiger partial charge in [-0.2, -0.15) is 0 Å². The third-order valence-corrected chi connectivity index (χ3v) is 10.8. The molecule has 3 heteroatoms. The van der Waals surface area contributed by atoms with E-state index in [1.54, 1.807) is 0 Å². The molecule has 9 aromatic carbocycles. The first-order valence-electron chi connectivity index (χ1n) is 18.7. The summed E-state index contributed by atoms with van der Waals surface area (Å²) in [6.07, 6.45) is 0. The first-order valence-corrected chi connectivity index (χ1v) is 18.7. The van der Waals surface area contributed by atoms with E-state index in [1.165, 1.54) is 21.9 Å². The summed E-state index contributed by atoms with van der Waals surface area (Å²) >= 11 is 0. The molecule has 0 unspecified atom stereocenters. The van der Waals surface area contributed by atoms with E-state index in [4.69, 9.17) is 8.83 Å². The number of hydrogen-bond acceptors (Lipinski definition) is 3. The summed E-state index contributed by atoms with van der Waals surface area (Å²) in [5.41, 5.74) is 13.5. The first-order chi connectivity index (χ1) is 27.2. The van der Waals surface area contributed by atoms with Crippen LogP contribution in [0.25, 0.3) is 88.0 Å². The van der Waals surface area contributed by atoms with E-state index in [0.29, 0.717) is 0 Å². The SMILES string of the molecule is c1ccc(-c2ccc(N(c3cccc(-c4ccc5c(c4)oc4ccccc45)c3)c3ccc4oc5ccccc5c4c3-c3ccc4ccccc4c3)cc2)cc1. The molecule has 0 spiro atoms. The summed E-state index contributed by atoms with van der Waals surface area (Å²) in [6, 6.07) is 71.1. The Labute approximate surface area is 317 Å². The smallest absolute Gasteiger partial charge is 0.136 e. The largest absolute Gasteiger partial charge is 0.456 e. The van der Waals surface area contributed by atoms with Gasteiger partial charge in [0.1, 0.15) is 22.3 Å². The molecule has 0 saturated carbocycles. The maximum absolute atomic E-state index is 6.52. The number of benzene rings is 9. The molecule has 11 rings (SSSR count). The van der Waals surface area contributed by atoms with Crippen molar-refractivity contribution in [3.8, 4) is 33.4 Å². The van der Waals surface area contributed by atoms with Crippen LogP contribution in [0.15, 0.2) is 209 Å². The quantitative estimate of drug-likeness (QED) is 0.173. The molecule has 0 bridgehead atoms. The normalized spacial score (nSPS) is 11.6. The molecule has 0 aliphatic heterocycles. The third-order valence-electron chi connectivity index (χ3n) is 10.8. The van der Waals surface area contributed by atoms with Crippen LogP contribution in [0.1, 0.15) is 0 Å². The molecule has 11 aromatic rings. The monoisotopic (exact) mass is 703 g/mol. The Morgan fingerprint density at radius 1 is 0.309 bits per heavy atom. The standard InChI is InChI=1S/C52H33NO2/c1-2-11-34(12-3-1)36-23-26-41(27-24-36)53(42-16-10-15-38(32-42)39-25-28-44-43-17-6-8-19-47(43)55-50(44)33-39)46-29-30-49-52(45-18-7-9-20-48(45)54-49)51(46)40-22-21-35-13-4-5-14-37(35)31-40/h1-33H. The van der Waals surface area contributed by atoms with Crippen molar-refractivity contribution in [2.75, 3.05) is 4.90 Å². The summed E-state index contributed by atoms with van der Waals surface area (Å²) in [4.78, 5) is 2.39. The molecule has 0 amide bonds. The maximum Gasteiger partial charge on any atom is 0.136 e. The van der Waals surface area contributed by atoms with Gasteiger partial charge >= 0.3 is 0 Å². The Balaban J connectivity index is 1.15. The van der Waals surface area contributed by atoms with Gasteiger partial charge in [-0.05, 0) is 105 Å². The van der Waals surface area contributed by atoms with Crippen LogP contribution in [-0.2, 0) is 0 Å². The third kappa shape index (κ3) is 5.28. The van der Waals surface area contributed by atoms with Crippen molar-refractivity contribution in [3.63, 3.8) is 0 Å². The zero-order valence-electron chi connectivity index (χ0n) is 29.8. The second-order valence-corrected chi connectivity index (χ2v) is 14.1. The van der Waals surface area contributed by atoms with E-state index in [0.717, 1.165) is 83.2 Å². The van der Waals surface area contributed by atoms with Gasteiger partial charge < -0.3 is 13.7 Å². The first kappa shape index (κ1) is 31.2. The minimum atomic E-state index is 0.861. The van der Waals surface area contributed by atoms with Crippen LogP contribution >= 0.6 is 0 Å². The molecule has 2 aromatic heterocycles. The summed E-state index contributed by atoms with van der Waals surface area (Å²) < 4.78 is 12.8. The van der Waals surface area contributed by atoms with Gasteiger partial charge in [-0.3, -0.25) is 0 Å². The Hall–Kier alpha value is -7.36. The van der Waals surface area contributed by atoms with Crippen LogP contribution in [0.2, 0.25) is 0 Å². The molecular weight excluding hydrogens is 671 g/mol. The predicted octanol–water partition coefficient (Wildman–Crippen LogP) is 15.1. The lowest BCUT2D eigenvalue weighted by molar-refractivity contribution is 0.668. The minimum Gasteiger partial charge on any atom is -0.456 e. The van der Waals surface area contributed by atoms with Gasteiger partial charge in [0.15, 0.2) is 0 Å². The van der Waals surface area contributed by atoms with Crippen LogP contribution < -0.4 is 4.90 Å². The van der Waals surface area contributed by atoms with Crippen molar-refractivity contribution < 1.29 is 8.83 Å². The molecule has 55 heavy (non-hydrogen) atoms. The number of anilines is 3. The fourth-order valence-corrected chi connectivity index (χ4v) is 8.22. The van der Waals surface area contributed by atoms with Crippen molar-refractivity contribution in [2.45, 2.75) is 0 Å². The highest BCUT2D eigenvalue weighted by Gasteiger charge is 2.23. The van der Waals surface area contributed by atoms with Gasteiger partial charge in [-0.1, -0.05) is 133 Å². The Morgan fingerprint density at radius 3 is 1.78 bits per heavy atom. The molecule has 2 heterocycles. The van der Waals surface area contributed by atoms with Crippen molar-refractivity contribution in [1.82, 2.24) is 0 Å². The molecule has 0 N–H and O–H groups in total. The number of furan rings is 2. The van der Waals surface area contributed by atoms with Crippen molar-refractivity contribution in [2.24, 2.45) is 0 Å². The fourth-order valence-electron chi connectivity index (χ4n) is 8.22. The lowest BCUT2D eigenvalue weighted by Crippen LogP contribution is -2.11. The molecule has 0 radical (unpaired) electrons. The summed E-state index contributed by atoms with van der Waals surface area (Å²) in [6.45, 7) is 0. The van der Waals surface area contributed by atoms with E-state index in [9.17, 15) is 0 Å². The second-order valence-electron chi connectivity index (χ2n) is 14.1. The van der Waals surface area contributed by atoms with Crippen molar-refractivity contribution in [3.05, 3.63) is 200 Å². The zero-order valence-corrected chi connectivity index (χ0v) is 29.8. The Morgan fingerprint density at radius 2 is 0.927 bits per heavy atom. The number of rotatable bonds is 6. The lowest BCUT2D eigenvalue weighted by Gasteiger charge is -2.29. The topological polar surface area (TPSA) is 29.5 Å². The predicted molar refractivity (Wildman–Crippen MR) is 229 cm³/mol. The highest BCUT2D eigenvalue weighted by molar-refractivity contribution is 6.17. The zero-order chi connectivity index (χ0) is 36.3. The number of para-hydroxylation sites is 2. The van der Waals surface area contributed by atoms with Crippen LogP contribution in [-0.4, -0.2) is 0 Å². The Bertz CT molecular complexity index is 3210. The van der Waals surface area contributed by atoms with E-state index in [-0.39, 0.29) is 0 Å². The van der Waals surface area contributed by atoms with Crippen LogP contribution in [0, 0.1) is 0 Å². The molecule has 0 aliphatic rings. The highest BCUT2D eigenvalue weighted by Crippen LogP contribution is 2.48. The van der Waals surface area contributed by atoms with Gasteiger partial charge in [-0.25, -0.2) is 0 Å². The summed E-state index contributed by atoms with van der Waals surface area (Å²) in [7, 11) is 0. The van der Waals surface area contributed by atoms with E-state index in [1.807, 2.05) is 18.2 Å². The van der Waals surface area contributed by atoms with Crippen molar-refractivity contribution >= 4 is 71.7 Å². The van der Waals surface area contributed by atoms with E-state index < -0.39 is 0 Å². The van der Waals surface area contributed by atoms with Gasteiger partial charge in [0.05, 0.1) is 5.69 Å². The van der Waals surface area contributed by atoms with E-state index in [2.05, 4.69) is 187 Å². The molecular formula is C52H33NO2. The number of hydrogen-bond donors (Lipinski definition) is 0. The van der Waals surface area contributed by atoms with Gasteiger partial charge in [0.25, 0.3) is 0 Å². The van der Waals surface area contributed by atoms with Gasteiger partial charge in [0.2, 0.25) is 0 Å². The molecule has 258 valence electrons. The lowest BCUT2D eigenvalue weighted by atomic mass is 9.94. The average Bonchev–Trinajstić information content (AvgIpc) is 3.82. The molecule has 0 fully saturated rings. The average molecular weight is 704 g/mol. The van der Waals surface area contributed by atoms with Crippen molar-refractivity contribution in [1.29, 1.82) is 0 Å². The summed E-state index contributed by atoms with van der Waals surface area (Å²) in [5.74, 6) is 0. The molecule has 0 atom stereocenters. The maximum atomic E-state index is 6.52. The highest BCUT2D eigenvalue weighted by atomic mass is 16.3. The van der Waals surface area contributed by atoms with Crippen LogP contribution in [0.4, 0.5) is 17.1 Å². The molecule has 0 aliphatic carbocycles. The van der Waals surface area contributed by atoms with Crippen LogP contribution in [0.3, 0.4) is 0 Å². The van der Waals surface area contributed by atoms with Crippen LogP contribution in [0.5, 0.6) is 0 Å². The fraction of sp³-hybridized carbons (Fsp3) is 0. The Kier molecular flexibility index (Phi) is 7.17. The number of nitrogens with zero attached hydrogens (tertiary/aromatic N) is 1. The molecule has 0 saturated heterocycles. The molecule has 3 nitrogen and oxygen atoms in total. The number of fused-ring (bicyclic) bond motifs is 7. The second kappa shape index (κ2) is 12.6. The van der Waals surface area contributed by atoms with Gasteiger partial charge in [-0.15, -0.1) is 0 Å². The van der Waals surface area contributed by atoms with E-state index >= 15 is 0 Å². The van der Waals surface area contributed by atoms with Gasteiger partial charge in [0, 0.05) is 38.5 Å². The summed E-state index contributed by atoms with van der Waals surface area (Å²) in [5, 5.41) is 6.84. The minimum absolute atomic E-state index is 0.861.